The summed E-state index contributed by atoms with van der Waals surface area (Å²) in [4.78, 5) is 31.1. The molecule has 1 saturated heterocycles. The van der Waals surface area contributed by atoms with E-state index in [0.717, 1.165) is 27.7 Å². The Labute approximate surface area is 163 Å². The standard InChI is InChI=1S/C23H22N2O3/c1-16(26)14-17-6-8-18(9-7-17)22-15-20(19-4-2-3-5-21(19)24-22)23(27)25-10-12-28-13-11-25/h2-9,15H,10-14H2,1H3. The summed E-state index contributed by atoms with van der Waals surface area (Å²) >= 11 is 0. The molecule has 1 aliphatic heterocycles. The van der Waals surface area contributed by atoms with Crippen LogP contribution in [0.4, 0.5) is 0 Å². The van der Waals surface area contributed by atoms with Gasteiger partial charge in [0, 0.05) is 30.5 Å². The Kier molecular flexibility index (Phi) is 5.17. The van der Waals surface area contributed by atoms with E-state index in [4.69, 9.17) is 9.72 Å². The highest BCUT2D eigenvalue weighted by atomic mass is 16.5. The van der Waals surface area contributed by atoms with Gasteiger partial charge in [0.15, 0.2) is 0 Å². The van der Waals surface area contributed by atoms with E-state index in [1.54, 1.807) is 6.92 Å². The molecule has 0 bridgehead atoms. The summed E-state index contributed by atoms with van der Waals surface area (Å²) in [6, 6.07) is 17.4. The zero-order valence-corrected chi connectivity index (χ0v) is 15.9. The summed E-state index contributed by atoms with van der Waals surface area (Å²) in [6.07, 6.45) is 0.423. The molecule has 0 N–H and O–H groups in total. The fourth-order valence-electron chi connectivity index (χ4n) is 3.52. The predicted octanol–water partition coefficient (Wildman–Crippen LogP) is 3.51. The van der Waals surface area contributed by atoms with E-state index >= 15 is 0 Å². The lowest BCUT2D eigenvalue weighted by Crippen LogP contribution is -2.40. The SMILES string of the molecule is CC(=O)Cc1ccc(-c2cc(C(=O)N3CCOCC3)c3ccccc3n2)cc1. The zero-order chi connectivity index (χ0) is 19.5. The van der Waals surface area contributed by atoms with Crippen LogP contribution in [0.3, 0.4) is 0 Å². The molecule has 1 aliphatic rings. The molecule has 5 nitrogen and oxygen atoms in total. The molecule has 5 heteroatoms. The number of amides is 1. The number of hydrogen-bond acceptors (Lipinski definition) is 4. The quantitative estimate of drug-likeness (QED) is 0.701. The molecular formula is C23H22N2O3. The van der Waals surface area contributed by atoms with Crippen LogP contribution < -0.4 is 0 Å². The van der Waals surface area contributed by atoms with Gasteiger partial charge >= 0.3 is 0 Å². The van der Waals surface area contributed by atoms with Crippen LogP contribution in [0.25, 0.3) is 22.2 Å². The number of morpholine rings is 1. The number of ketones is 1. The number of hydrogen-bond donors (Lipinski definition) is 0. The van der Waals surface area contributed by atoms with Crippen molar-refractivity contribution < 1.29 is 14.3 Å². The second kappa shape index (κ2) is 7.90. The predicted molar refractivity (Wildman–Crippen MR) is 108 cm³/mol. The van der Waals surface area contributed by atoms with Gasteiger partial charge in [-0.1, -0.05) is 42.5 Å². The van der Waals surface area contributed by atoms with Gasteiger partial charge in [-0.3, -0.25) is 9.59 Å². The number of fused-ring (bicyclic) bond motifs is 1. The molecule has 0 spiro atoms. The second-order valence-corrected chi connectivity index (χ2v) is 7.05. The molecule has 2 heterocycles. The first kappa shape index (κ1) is 18.3. The average molecular weight is 374 g/mol. The lowest BCUT2D eigenvalue weighted by atomic mass is 10.0. The van der Waals surface area contributed by atoms with Crippen LogP contribution in [0, 0.1) is 0 Å². The van der Waals surface area contributed by atoms with Crippen LogP contribution in [-0.2, 0) is 16.0 Å². The number of nitrogens with zero attached hydrogens (tertiary/aromatic N) is 2. The van der Waals surface area contributed by atoms with Gasteiger partial charge in [-0.15, -0.1) is 0 Å². The normalized spacial score (nSPS) is 14.2. The number of carbonyl (C=O) groups is 2. The Balaban J connectivity index is 1.75. The van der Waals surface area contributed by atoms with Crippen molar-refractivity contribution in [3.63, 3.8) is 0 Å². The number of carbonyl (C=O) groups excluding carboxylic acids is 2. The van der Waals surface area contributed by atoms with Gasteiger partial charge in [-0.25, -0.2) is 4.98 Å². The number of aromatic nitrogens is 1. The molecular weight excluding hydrogens is 352 g/mol. The maximum absolute atomic E-state index is 13.2. The lowest BCUT2D eigenvalue weighted by Gasteiger charge is -2.27. The van der Waals surface area contributed by atoms with Crippen molar-refractivity contribution in [2.75, 3.05) is 26.3 Å². The van der Waals surface area contributed by atoms with Gasteiger partial charge in [0.1, 0.15) is 5.78 Å². The number of rotatable bonds is 4. The Morgan fingerprint density at radius 3 is 2.46 bits per heavy atom. The number of Topliss-reactive ketones (excluding diaryl/α,β-unsaturated/α-hetero) is 1. The van der Waals surface area contributed by atoms with Gasteiger partial charge < -0.3 is 9.64 Å². The van der Waals surface area contributed by atoms with Gasteiger partial charge in [0.05, 0.1) is 30.0 Å². The topological polar surface area (TPSA) is 59.5 Å². The molecule has 0 radical (unpaired) electrons. The summed E-state index contributed by atoms with van der Waals surface area (Å²) in [6.45, 7) is 3.93. The van der Waals surface area contributed by atoms with Crippen LogP contribution >= 0.6 is 0 Å². The van der Waals surface area contributed by atoms with Crippen LogP contribution in [0.15, 0.2) is 54.6 Å². The molecule has 1 fully saturated rings. The first-order chi connectivity index (χ1) is 13.6. The summed E-state index contributed by atoms with van der Waals surface area (Å²) in [5.74, 6) is 0.145. The maximum Gasteiger partial charge on any atom is 0.254 e. The highest BCUT2D eigenvalue weighted by molar-refractivity contribution is 6.07. The van der Waals surface area contributed by atoms with Crippen LogP contribution in [0.2, 0.25) is 0 Å². The first-order valence-electron chi connectivity index (χ1n) is 9.47. The van der Waals surface area contributed by atoms with E-state index in [1.165, 1.54) is 0 Å². The molecule has 0 unspecified atom stereocenters. The summed E-state index contributed by atoms with van der Waals surface area (Å²) in [7, 11) is 0. The number of ether oxygens (including phenoxy) is 1. The van der Waals surface area contributed by atoms with Crippen LogP contribution in [-0.4, -0.2) is 47.9 Å². The van der Waals surface area contributed by atoms with Crippen molar-refractivity contribution in [1.29, 1.82) is 0 Å². The summed E-state index contributed by atoms with van der Waals surface area (Å²) in [5, 5.41) is 0.857. The van der Waals surface area contributed by atoms with Gasteiger partial charge in [0.2, 0.25) is 0 Å². The molecule has 0 atom stereocenters. The fourth-order valence-corrected chi connectivity index (χ4v) is 3.52. The largest absolute Gasteiger partial charge is 0.378 e. The first-order valence-corrected chi connectivity index (χ1v) is 9.47. The minimum Gasteiger partial charge on any atom is -0.378 e. The maximum atomic E-state index is 13.2. The van der Waals surface area contributed by atoms with Crippen LogP contribution in [0.1, 0.15) is 22.8 Å². The zero-order valence-electron chi connectivity index (χ0n) is 15.9. The average Bonchev–Trinajstić information content (AvgIpc) is 2.73. The number of para-hydroxylation sites is 1. The van der Waals surface area contributed by atoms with Gasteiger partial charge in [-0.2, -0.15) is 0 Å². The highest BCUT2D eigenvalue weighted by Gasteiger charge is 2.21. The minimum absolute atomic E-state index is 0.0105. The van der Waals surface area contributed by atoms with E-state index in [2.05, 4.69) is 0 Å². The van der Waals surface area contributed by atoms with Gasteiger partial charge in [-0.05, 0) is 24.6 Å². The molecule has 1 aromatic heterocycles. The van der Waals surface area contributed by atoms with Crippen LogP contribution in [0.5, 0.6) is 0 Å². The molecule has 2 aromatic carbocycles. The molecule has 0 aliphatic carbocycles. The minimum atomic E-state index is 0.0105. The van der Waals surface area contributed by atoms with E-state index in [9.17, 15) is 9.59 Å². The third kappa shape index (κ3) is 3.80. The fraction of sp³-hybridized carbons (Fsp3) is 0.261. The Morgan fingerprint density at radius 1 is 1.04 bits per heavy atom. The lowest BCUT2D eigenvalue weighted by molar-refractivity contribution is -0.116. The number of benzene rings is 2. The Bertz CT molecular complexity index is 1020. The van der Waals surface area contributed by atoms with Crippen molar-refractivity contribution in [1.82, 2.24) is 9.88 Å². The van der Waals surface area contributed by atoms with E-state index in [0.29, 0.717) is 38.3 Å². The van der Waals surface area contributed by atoms with Crippen molar-refractivity contribution in [3.8, 4) is 11.3 Å². The van der Waals surface area contributed by atoms with E-state index < -0.39 is 0 Å². The second-order valence-electron chi connectivity index (χ2n) is 7.05. The molecule has 0 saturated carbocycles. The summed E-state index contributed by atoms with van der Waals surface area (Å²) < 4.78 is 5.37. The third-order valence-corrected chi connectivity index (χ3v) is 4.95. The molecule has 3 aromatic rings. The van der Waals surface area contributed by atoms with Crippen molar-refractivity contribution in [3.05, 3.63) is 65.7 Å². The highest BCUT2D eigenvalue weighted by Crippen LogP contribution is 2.26. The summed E-state index contributed by atoms with van der Waals surface area (Å²) in [5.41, 5.74) is 4.11. The Hall–Kier alpha value is -3.05. The van der Waals surface area contributed by atoms with E-state index in [1.807, 2.05) is 59.5 Å². The van der Waals surface area contributed by atoms with E-state index in [-0.39, 0.29) is 11.7 Å². The smallest absolute Gasteiger partial charge is 0.254 e. The molecule has 28 heavy (non-hydrogen) atoms. The third-order valence-electron chi connectivity index (χ3n) is 4.95. The molecule has 142 valence electrons. The Morgan fingerprint density at radius 2 is 1.75 bits per heavy atom. The van der Waals surface area contributed by atoms with Crippen molar-refractivity contribution in [2.45, 2.75) is 13.3 Å². The number of pyridine rings is 1. The van der Waals surface area contributed by atoms with Crippen molar-refractivity contribution >= 4 is 22.6 Å². The molecule has 1 amide bonds. The van der Waals surface area contributed by atoms with Crippen molar-refractivity contribution in [2.24, 2.45) is 0 Å². The van der Waals surface area contributed by atoms with Gasteiger partial charge in [0.25, 0.3) is 5.91 Å². The monoisotopic (exact) mass is 374 g/mol. The molecule has 4 rings (SSSR count).